The normalized spacial score (nSPS) is 27.2. The van der Waals surface area contributed by atoms with Gasteiger partial charge in [-0.3, -0.25) is 4.79 Å². The van der Waals surface area contributed by atoms with Gasteiger partial charge < -0.3 is 19.5 Å². The van der Waals surface area contributed by atoms with Crippen LogP contribution in [-0.4, -0.2) is 49.2 Å². The number of halogens is 3. The third-order valence-electron chi connectivity index (χ3n) is 6.11. The number of amides is 1. The Labute approximate surface area is 181 Å². The fourth-order valence-corrected chi connectivity index (χ4v) is 4.30. The highest BCUT2D eigenvalue weighted by Crippen LogP contribution is 2.48. The summed E-state index contributed by atoms with van der Waals surface area (Å²) in [5.74, 6) is 0.134. The van der Waals surface area contributed by atoms with E-state index in [0.29, 0.717) is 50.9 Å². The number of hydrogen-bond donors (Lipinski definition) is 1. The van der Waals surface area contributed by atoms with Gasteiger partial charge in [0.25, 0.3) is 0 Å². The summed E-state index contributed by atoms with van der Waals surface area (Å²) >= 11 is 0. The Balaban J connectivity index is 1.56. The van der Waals surface area contributed by atoms with Crippen LogP contribution in [0.4, 0.5) is 18.9 Å². The smallest absolute Gasteiger partial charge is 0.422 e. The maximum atomic E-state index is 13.2. The van der Waals surface area contributed by atoms with Gasteiger partial charge in [0, 0.05) is 12.2 Å². The van der Waals surface area contributed by atoms with Gasteiger partial charge in [0.05, 0.1) is 24.2 Å². The largest absolute Gasteiger partial charge is 0.484 e. The topological polar surface area (TPSA) is 59.0 Å². The summed E-state index contributed by atoms with van der Waals surface area (Å²) < 4.78 is 47.3. The first-order valence-corrected chi connectivity index (χ1v) is 10.7. The summed E-state index contributed by atoms with van der Waals surface area (Å²) in [6.45, 7) is 6.28. The molecule has 1 N–H and O–H groups in total. The minimum atomic E-state index is -4.39. The van der Waals surface area contributed by atoms with Crippen LogP contribution >= 0.6 is 0 Å². The standard InChI is InChI=1S/C23H32F3NO4/c1-20(2,3)14-30-15-22(29)10-8-21(9-11-22)12-13-27(19(21)28)17-4-6-18(7-5-17)31-16-23(24,25)26/h4-7,29H,8-16H2,1-3H3. The first-order valence-electron chi connectivity index (χ1n) is 10.7. The number of benzene rings is 1. The molecule has 5 nitrogen and oxygen atoms in total. The van der Waals surface area contributed by atoms with Gasteiger partial charge >= 0.3 is 6.18 Å². The van der Waals surface area contributed by atoms with Crippen LogP contribution in [-0.2, 0) is 9.53 Å². The second-order valence-electron chi connectivity index (χ2n) is 10.2. The highest BCUT2D eigenvalue weighted by Gasteiger charge is 2.51. The molecule has 1 aromatic carbocycles. The summed E-state index contributed by atoms with van der Waals surface area (Å²) in [6, 6.07) is 6.13. The Morgan fingerprint density at radius 3 is 2.16 bits per heavy atom. The zero-order valence-electron chi connectivity index (χ0n) is 18.4. The van der Waals surface area contributed by atoms with Gasteiger partial charge in [0.2, 0.25) is 5.91 Å². The second kappa shape index (κ2) is 8.62. The molecule has 1 saturated carbocycles. The van der Waals surface area contributed by atoms with Gasteiger partial charge in [-0.05, 0) is 61.8 Å². The van der Waals surface area contributed by atoms with Crippen LogP contribution in [0.5, 0.6) is 5.75 Å². The number of rotatable bonds is 6. The van der Waals surface area contributed by atoms with E-state index in [0.717, 1.165) is 0 Å². The van der Waals surface area contributed by atoms with Crippen molar-refractivity contribution in [2.24, 2.45) is 10.8 Å². The van der Waals surface area contributed by atoms with Crippen molar-refractivity contribution >= 4 is 11.6 Å². The molecule has 2 aliphatic rings. The zero-order chi connectivity index (χ0) is 22.9. The Kier molecular flexibility index (Phi) is 6.63. The predicted molar refractivity (Wildman–Crippen MR) is 111 cm³/mol. The molecule has 1 aromatic rings. The second-order valence-corrected chi connectivity index (χ2v) is 10.2. The van der Waals surface area contributed by atoms with Crippen LogP contribution in [0.2, 0.25) is 0 Å². The van der Waals surface area contributed by atoms with Crippen molar-refractivity contribution in [1.82, 2.24) is 0 Å². The average molecular weight is 444 g/mol. The summed E-state index contributed by atoms with van der Waals surface area (Å²) in [5.41, 5.74) is -0.708. The Hall–Kier alpha value is -1.80. The molecule has 0 atom stereocenters. The molecule has 1 aliphatic heterocycles. The lowest BCUT2D eigenvalue weighted by molar-refractivity contribution is -0.153. The molecule has 1 spiro atoms. The Morgan fingerprint density at radius 1 is 1.00 bits per heavy atom. The van der Waals surface area contributed by atoms with Crippen LogP contribution in [0.15, 0.2) is 24.3 Å². The molecule has 1 heterocycles. The molecule has 1 saturated heterocycles. The van der Waals surface area contributed by atoms with Crippen LogP contribution in [0.1, 0.15) is 52.9 Å². The van der Waals surface area contributed by atoms with E-state index in [1.54, 1.807) is 17.0 Å². The SMILES string of the molecule is CC(C)(C)COCC1(O)CCC2(CCN(c3ccc(OCC(F)(F)F)cc3)C2=O)CC1. The Bertz CT molecular complexity index is 763. The molecule has 1 amide bonds. The summed E-state index contributed by atoms with van der Waals surface area (Å²) in [5, 5.41) is 10.9. The Morgan fingerprint density at radius 2 is 1.61 bits per heavy atom. The number of hydrogen-bond acceptors (Lipinski definition) is 4. The highest BCUT2D eigenvalue weighted by atomic mass is 19.4. The lowest BCUT2D eigenvalue weighted by atomic mass is 9.68. The molecule has 174 valence electrons. The van der Waals surface area contributed by atoms with Crippen molar-refractivity contribution in [3.05, 3.63) is 24.3 Å². The average Bonchev–Trinajstić information content (AvgIpc) is 2.98. The first-order chi connectivity index (χ1) is 14.3. The first kappa shape index (κ1) is 23.9. The van der Waals surface area contributed by atoms with Gasteiger partial charge in [-0.1, -0.05) is 20.8 Å². The number of anilines is 1. The third-order valence-corrected chi connectivity index (χ3v) is 6.11. The van der Waals surface area contributed by atoms with E-state index < -0.39 is 23.8 Å². The van der Waals surface area contributed by atoms with Gasteiger partial charge in [-0.15, -0.1) is 0 Å². The molecule has 8 heteroatoms. The number of alkyl halides is 3. The maximum absolute atomic E-state index is 13.2. The van der Waals surface area contributed by atoms with Crippen LogP contribution in [0.3, 0.4) is 0 Å². The van der Waals surface area contributed by atoms with Crippen LogP contribution < -0.4 is 9.64 Å². The van der Waals surface area contributed by atoms with Crippen molar-refractivity contribution in [2.45, 2.75) is 64.7 Å². The molecule has 3 rings (SSSR count). The third kappa shape index (κ3) is 6.13. The summed E-state index contributed by atoms with van der Waals surface area (Å²) in [4.78, 5) is 14.9. The van der Waals surface area contributed by atoms with Crippen molar-refractivity contribution < 1.29 is 32.5 Å². The van der Waals surface area contributed by atoms with Crippen molar-refractivity contribution in [3.63, 3.8) is 0 Å². The highest BCUT2D eigenvalue weighted by molar-refractivity contribution is 6.00. The quantitative estimate of drug-likeness (QED) is 0.691. The number of carbonyl (C=O) groups excluding carboxylic acids is 1. The summed E-state index contributed by atoms with van der Waals surface area (Å²) in [6.07, 6.45) is -1.45. The van der Waals surface area contributed by atoms with Gasteiger partial charge in [0.15, 0.2) is 6.61 Å². The monoisotopic (exact) mass is 443 g/mol. The molecular weight excluding hydrogens is 411 g/mol. The van der Waals surface area contributed by atoms with E-state index in [4.69, 9.17) is 9.47 Å². The molecule has 31 heavy (non-hydrogen) atoms. The van der Waals surface area contributed by atoms with E-state index in [9.17, 15) is 23.1 Å². The molecule has 0 radical (unpaired) electrons. The van der Waals surface area contributed by atoms with Crippen LogP contribution in [0.25, 0.3) is 0 Å². The summed E-state index contributed by atoms with van der Waals surface area (Å²) in [7, 11) is 0. The molecular formula is C23H32F3NO4. The van der Waals surface area contributed by atoms with E-state index in [-0.39, 0.29) is 23.7 Å². The van der Waals surface area contributed by atoms with E-state index in [2.05, 4.69) is 20.8 Å². The lowest BCUT2D eigenvalue weighted by Gasteiger charge is -2.41. The zero-order valence-corrected chi connectivity index (χ0v) is 18.4. The minimum Gasteiger partial charge on any atom is -0.484 e. The van der Waals surface area contributed by atoms with Gasteiger partial charge in [0.1, 0.15) is 5.75 Å². The molecule has 1 aliphatic carbocycles. The van der Waals surface area contributed by atoms with Crippen molar-refractivity contribution in [1.29, 1.82) is 0 Å². The lowest BCUT2D eigenvalue weighted by Crippen LogP contribution is -2.46. The van der Waals surface area contributed by atoms with Crippen LogP contribution in [0, 0.1) is 10.8 Å². The molecule has 0 unspecified atom stereocenters. The molecule has 0 bridgehead atoms. The van der Waals surface area contributed by atoms with E-state index >= 15 is 0 Å². The number of carbonyl (C=O) groups is 1. The van der Waals surface area contributed by atoms with Crippen molar-refractivity contribution in [2.75, 3.05) is 31.3 Å². The van der Waals surface area contributed by atoms with Gasteiger partial charge in [-0.25, -0.2) is 0 Å². The number of nitrogens with zero attached hydrogens (tertiary/aromatic N) is 1. The van der Waals surface area contributed by atoms with E-state index in [1.807, 2.05) is 0 Å². The predicted octanol–water partition coefficient (Wildman–Crippen LogP) is 4.72. The minimum absolute atomic E-state index is 0.0223. The number of aliphatic hydroxyl groups is 1. The molecule has 0 aromatic heterocycles. The van der Waals surface area contributed by atoms with E-state index in [1.165, 1.54) is 12.1 Å². The fourth-order valence-electron chi connectivity index (χ4n) is 4.30. The maximum Gasteiger partial charge on any atom is 0.422 e. The van der Waals surface area contributed by atoms with Gasteiger partial charge in [-0.2, -0.15) is 13.2 Å². The molecule has 2 fully saturated rings. The van der Waals surface area contributed by atoms with Crippen molar-refractivity contribution in [3.8, 4) is 5.75 Å². The fraction of sp³-hybridized carbons (Fsp3) is 0.696. The number of ether oxygens (including phenoxy) is 2.